The van der Waals surface area contributed by atoms with Crippen LogP contribution in [0.3, 0.4) is 0 Å². The summed E-state index contributed by atoms with van der Waals surface area (Å²) in [4.78, 5) is 0. The second-order valence-electron chi connectivity index (χ2n) is 9.70. The smallest absolute Gasteiger partial charge is 0.398 e. The Hall–Kier alpha value is -1.58. The zero-order valence-electron chi connectivity index (χ0n) is 22.3. The summed E-state index contributed by atoms with van der Waals surface area (Å²) in [5.41, 5.74) is 2.46. The summed E-state index contributed by atoms with van der Waals surface area (Å²) in [5, 5.41) is 0. The van der Waals surface area contributed by atoms with Crippen LogP contribution in [0.5, 0.6) is 5.75 Å². The third kappa shape index (κ3) is 11.2. The fourth-order valence-corrected chi connectivity index (χ4v) is 6.90. The van der Waals surface area contributed by atoms with Gasteiger partial charge in [0.05, 0.1) is 0 Å². The maximum absolute atomic E-state index is 6.52. The quantitative estimate of drug-likeness (QED) is 0.138. The highest BCUT2D eigenvalue weighted by atomic mass is 28.4. The van der Waals surface area contributed by atoms with E-state index in [0.717, 1.165) is 30.9 Å². The number of hydrogen-bond donors (Lipinski definition) is 0. The molecule has 0 amide bonds. The maximum Gasteiger partial charge on any atom is 0.398 e. The van der Waals surface area contributed by atoms with Crippen molar-refractivity contribution in [2.24, 2.45) is 0 Å². The molecule has 0 aliphatic heterocycles. The largest absolute Gasteiger partial charge is 0.520 e. The predicted octanol–water partition coefficient (Wildman–Crippen LogP) is 10.3. The summed E-state index contributed by atoms with van der Waals surface area (Å²) in [6.45, 7) is 7.57. The average molecular weight is 483 g/mol. The third-order valence-corrected chi connectivity index (χ3v) is 10.4. The molecule has 190 valence electrons. The minimum atomic E-state index is -2.18. The van der Waals surface area contributed by atoms with Gasteiger partial charge in [0.25, 0.3) is 0 Å². The molecule has 0 heterocycles. The van der Waals surface area contributed by atoms with E-state index < -0.39 is 8.56 Å². The minimum absolute atomic E-state index is 0.841. The van der Waals surface area contributed by atoms with Crippen LogP contribution in [-0.4, -0.2) is 15.2 Å². The molecule has 34 heavy (non-hydrogen) atoms. The van der Waals surface area contributed by atoms with Gasteiger partial charge < -0.3 is 8.85 Å². The summed E-state index contributed by atoms with van der Waals surface area (Å²) >= 11 is 0. The van der Waals surface area contributed by atoms with E-state index in [4.69, 9.17) is 8.85 Å². The zero-order chi connectivity index (χ0) is 24.3. The molecule has 0 spiro atoms. The van der Waals surface area contributed by atoms with Gasteiger partial charge >= 0.3 is 8.56 Å². The van der Waals surface area contributed by atoms with Gasteiger partial charge in [-0.2, -0.15) is 0 Å². The van der Waals surface area contributed by atoms with Gasteiger partial charge in [-0.1, -0.05) is 140 Å². The number of rotatable bonds is 20. The molecular weight excluding hydrogens is 432 g/mol. The monoisotopic (exact) mass is 482 g/mol. The molecule has 2 aromatic carbocycles. The first kappa shape index (κ1) is 28.7. The molecule has 0 atom stereocenters. The van der Waals surface area contributed by atoms with E-state index in [1.165, 1.54) is 88.2 Å². The van der Waals surface area contributed by atoms with Crippen LogP contribution in [0.15, 0.2) is 54.6 Å². The van der Waals surface area contributed by atoms with Crippen molar-refractivity contribution in [1.29, 1.82) is 0 Å². The van der Waals surface area contributed by atoms with Crippen molar-refractivity contribution in [1.82, 2.24) is 0 Å². The van der Waals surface area contributed by atoms with Crippen molar-refractivity contribution >= 4 is 8.56 Å². The summed E-state index contributed by atoms with van der Waals surface area (Å²) in [6, 6.07) is 21.0. The van der Waals surface area contributed by atoms with Gasteiger partial charge in [-0.25, -0.2) is 0 Å². The first-order valence-electron chi connectivity index (χ1n) is 14.2. The van der Waals surface area contributed by atoms with E-state index in [1.54, 1.807) is 0 Å². The Morgan fingerprint density at radius 2 is 1.00 bits per heavy atom. The Kier molecular flexibility index (Phi) is 15.0. The van der Waals surface area contributed by atoms with Crippen molar-refractivity contribution in [3.8, 4) is 16.9 Å². The number of benzene rings is 2. The molecule has 0 saturated heterocycles. The summed E-state index contributed by atoms with van der Waals surface area (Å²) in [6.07, 6.45) is 17.9. The highest BCUT2D eigenvalue weighted by molar-refractivity contribution is 6.68. The lowest BCUT2D eigenvalue weighted by molar-refractivity contribution is 0.230. The van der Waals surface area contributed by atoms with Crippen molar-refractivity contribution < 1.29 is 8.85 Å². The molecule has 0 radical (unpaired) electrons. The molecule has 0 saturated carbocycles. The van der Waals surface area contributed by atoms with E-state index in [9.17, 15) is 0 Å². The van der Waals surface area contributed by atoms with Crippen molar-refractivity contribution in [3.05, 3.63) is 54.6 Å². The lowest BCUT2D eigenvalue weighted by Gasteiger charge is -2.29. The van der Waals surface area contributed by atoms with E-state index in [0.29, 0.717) is 0 Å². The highest BCUT2D eigenvalue weighted by Gasteiger charge is 2.35. The molecule has 3 heteroatoms. The Morgan fingerprint density at radius 3 is 1.50 bits per heavy atom. The average Bonchev–Trinajstić information content (AvgIpc) is 2.89. The highest BCUT2D eigenvalue weighted by Crippen LogP contribution is 2.27. The lowest BCUT2D eigenvalue weighted by atomic mass is 10.0. The molecule has 0 bridgehead atoms. The molecule has 0 aliphatic rings. The maximum atomic E-state index is 6.52. The van der Waals surface area contributed by atoms with Crippen LogP contribution in [0.25, 0.3) is 11.1 Å². The topological polar surface area (TPSA) is 18.5 Å². The predicted molar refractivity (Wildman–Crippen MR) is 151 cm³/mol. The third-order valence-electron chi connectivity index (χ3n) is 6.96. The number of unbranched alkanes of at least 4 members (excludes halogenated alkanes) is 12. The molecule has 0 fully saturated rings. The SMILES string of the molecule is CCCCCCCCCCCCCCCO[Si](CC)(CC)Oc1ccc(-c2ccccc2)cc1. The first-order valence-corrected chi connectivity index (χ1v) is 16.4. The summed E-state index contributed by atoms with van der Waals surface area (Å²) in [7, 11) is -2.18. The number of hydrogen-bond acceptors (Lipinski definition) is 2. The fourth-order valence-electron chi connectivity index (χ4n) is 4.57. The van der Waals surface area contributed by atoms with Gasteiger partial charge in [0, 0.05) is 6.61 Å². The van der Waals surface area contributed by atoms with Gasteiger partial charge in [0.1, 0.15) is 5.75 Å². The van der Waals surface area contributed by atoms with Crippen LogP contribution in [0, 0.1) is 0 Å². The van der Waals surface area contributed by atoms with E-state index in [-0.39, 0.29) is 0 Å². The lowest BCUT2D eigenvalue weighted by Crippen LogP contribution is -2.44. The Bertz CT molecular complexity index is 725. The van der Waals surface area contributed by atoms with Gasteiger partial charge in [-0.05, 0) is 41.8 Å². The molecular formula is C31H50O2Si. The summed E-state index contributed by atoms with van der Waals surface area (Å²) < 4.78 is 13.0. The van der Waals surface area contributed by atoms with E-state index in [1.807, 2.05) is 0 Å². The van der Waals surface area contributed by atoms with Crippen LogP contribution in [0.1, 0.15) is 104 Å². The zero-order valence-corrected chi connectivity index (χ0v) is 23.3. The van der Waals surface area contributed by atoms with Crippen LogP contribution < -0.4 is 4.43 Å². The Labute approximate surface area is 211 Å². The van der Waals surface area contributed by atoms with Gasteiger partial charge in [-0.3, -0.25) is 0 Å². The van der Waals surface area contributed by atoms with Crippen LogP contribution >= 0.6 is 0 Å². The molecule has 2 aromatic rings. The van der Waals surface area contributed by atoms with Gasteiger partial charge in [0.15, 0.2) is 0 Å². The molecule has 2 rings (SSSR count). The van der Waals surface area contributed by atoms with E-state index >= 15 is 0 Å². The summed E-state index contributed by atoms with van der Waals surface area (Å²) in [5.74, 6) is 0.945. The minimum Gasteiger partial charge on any atom is -0.520 e. The van der Waals surface area contributed by atoms with Crippen molar-refractivity contribution in [3.63, 3.8) is 0 Å². The Balaban J connectivity index is 1.60. The normalized spacial score (nSPS) is 11.6. The van der Waals surface area contributed by atoms with Gasteiger partial charge in [0.2, 0.25) is 0 Å². The van der Waals surface area contributed by atoms with Crippen LogP contribution in [-0.2, 0) is 4.43 Å². The molecule has 0 aliphatic carbocycles. The first-order chi connectivity index (χ1) is 16.7. The second-order valence-corrected chi connectivity index (χ2v) is 13.4. The molecule has 0 unspecified atom stereocenters. The van der Waals surface area contributed by atoms with Crippen LogP contribution in [0.4, 0.5) is 0 Å². The standard InChI is InChI=1S/C31H50O2Si/c1-4-7-8-9-10-11-12-13-14-15-16-17-21-28-32-34(5-2,6-3)33-31-26-24-30(25-27-31)29-22-19-18-20-23-29/h18-20,22-27H,4-17,21,28H2,1-3H3. The molecule has 0 aromatic heterocycles. The fraction of sp³-hybridized carbons (Fsp3) is 0.613. The van der Waals surface area contributed by atoms with Crippen molar-refractivity contribution in [2.75, 3.05) is 6.61 Å². The molecule has 2 nitrogen and oxygen atoms in total. The van der Waals surface area contributed by atoms with Crippen molar-refractivity contribution in [2.45, 2.75) is 116 Å². The Morgan fingerprint density at radius 1 is 0.529 bits per heavy atom. The second kappa shape index (κ2) is 17.8. The van der Waals surface area contributed by atoms with E-state index in [2.05, 4.69) is 75.4 Å². The van der Waals surface area contributed by atoms with Crippen LogP contribution in [0.2, 0.25) is 12.1 Å². The molecule has 0 N–H and O–H groups in total. The van der Waals surface area contributed by atoms with Gasteiger partial charge in [-0.15, -0.1) is 0 Å².